The maximum atomic E-state index is 12.4. The Morgan fingerprint density at radius 3 is 2.56 bits per heavy atom. The van der Waals surface area contributed by atoms with Gasteiger partial charge in [0.05, 0.1) is 34.0 Å². The molecule has 0 aliphatic carbocycles. The van der Waals surface area contributed by atoms with Crippen LogP contribution in [0.25, 0.3) is 0 Å². The number of fused-ring (bicyclic) bond motifs is 1. The van der Waals surface area contributed by atoms with Gasteiger partial charge in [0.1, 0.15) is 12.2 Å². The number of carbonyl (C=O) groups is 3. The van der Waals surface area contributed by atoms with E-state index in [1.54, 1.807) is 11.1 Å². The van der Waals surface area contributed by atoms with Crippen molar-refractivity contribution in [1.82, 2.24) is 19.9 Å². The molecule has 4 rings (SSSR count). The summed E-state index contributed by atoms with van der Waals surface area (Å²) < 4.78 is 1.43. The largest absolute Gasteiger partial charge is 0.341 e. The van der Waals surface area contributed by atoms with Gasteiger partial charge in [-0.05, 0) is 25.0 Å². The van der Waals surface area contributed by atoms with Crippen LogP contribution in [0, 0.1) is 0 Å². The van der Waals surface area contributed by atoms with Crippen molar-refractivity contribution in [3.8, 4) is 0 Å². The number of benzene rings is 1. The molecule has 8 nitrogen and oxygen atoms in total. The standard InChI is InChI=1S/C17H15Cl2N5O3/c18-11-3-4-12(19)15-14(11)16(26)17(27)24(15)8-10-7-23(21-20-10)9-13(25)22-5-1-2-6-22/h3-4,7H,1-2,5-6,8-9H2. The van der Waals surface area contributed by atoms with E-state index in [9.17, 15) is 14.4 Å². The molecule has 3 heterocycles. The molecule has 2 amide bonds. The molecule has 2 aliphatic rings. The number of rotatable bonds is 4. The first-order valence-electron chi connectivity index (χ1n) is 8.46. The number of aromatic nitrogens is 3. The molecule has 2 aromatic rings. The molecule has 1 aromatic heterocycles. The molecule has 0 unspecified atom stereocenters. The van der Waals surface area contributed by atoms with Crippen molar-refractivity contribution in [2.45, 2.75) is 25.9 Å². The van der Waals surface area contributed by atoms with Crippen LogP contribution >= 0.6 is 23.2 Å². The number of likely N-dealkylation sites (tertiary alicyclic amines) is 1. The van der Waals surface area contributed by atoms with Crippen molar-refractivity contribution >= 4 is 46.5 Å². The topological polar surface area (TPSA) is 88.4 Å². The van der Waals surface area contributed by atoms with Crippen LogP contribution in [0.5, 0.6) is 0 Å². The van der Waals surface area contributed by atoms with Gasteiger partial charge in [-0.1, -0.05) is 28.4 Å². The summed E-state index contributed by atoms with van der Waals surface area (Å²) in [6.07, 6.45) is 3.62. The van der Waals surface area contributed by atoms with Crippen LogP contribution in [0.2, 0.25) is 10.0 Å². The number of amides is 2. The van der Waals surface area contributed by atoms with Crippen LogP contribution in [0.1, 0.15) is 28.9 Å². The van der Waals surface area contributed by atoms with Crippen LogP contribution in [0.15, 0.2) is 18.3 Å². The molecule has 0 N–H and O–H groups in total. The molecule has 2 aliphatic heterocycles. The van der Waals surface area contributed by atoms with E-state index in [1.807, 2.05) is 0 Å². The number of hydrogen-bond donors (Lipinski definition) is 0. The highest BCUT2D eigenvalue weighted by Crippen LogP contribution is 2.40. The van der Waals surface area contributed by atoms with Gasteiger partial charge in [0.2, 0.25) is 5.91 Å². The first-order valence-corrected chi connectivity index (χ1v) is 9.22. The summed E-state index contributed by atoms with van der Waals surface area (Å²) in [6.45, 7) is 1.63. The van der Waals surface area contributed by atoms with Gasteiger partial charge in [-0.3, -0.25) is 19.3 Å². The lowest BCUT2D eigenvalue weighted by atomic mass is 10.1. The van der Waals surface area contributed by atoms with Crippen molar-refractivity contribution in [1.29, 1.82) is 0 Å². The number of anilines is 1. The van der Waals surface area contributed by atoms with Gasteiger partial charge in [0.15, 0.2) is 0 Å². The summed E-state index contributed by atoms with van der Waals surface area (Å²) in [4.78, 5) is 39.9. The summed E-state index contributed by atoms with van der Waals surface area (Å²) in [7, 11) is 0. The predicted molar refractivity (Wildman–Crippen MR) is 97.8 cm³/mol. The van der Waals surface area contributed by atoms with Crippen LogP contribution in [-0.2, 0) is 22.7 Å². The Hall–Kier alpha value is -2.45. The number of carbonyl (C=O) groups excluding carboxylic acids is 3. The first-order chi connectivity index (χ1) is 13.0. The number of ketones is 1. The van der Waals surface area contributed by atoms with E-state index in [0.29, 0.717) is 5.69 Å². The summed E-state index contributed by atoms with van der Waals surface area (Å²) in [6, 6.07) is 3.02. The average molecular weight is 408 g/mol. The van der Waals surface area contributed by atoms with Crippen LogP contribution in [0.4, 0.5) is 5.69 Å². The summed E-state index contributed by atoms with van der Waals surface area (Å²) in [5.74, 6) is -1.44. The molecule has 10 heteroatoms. The predicted octanol–water partition coefficient (Wildman–Crippen LogP) is 1.94. The van der Waals surface area contributed by atoms with E-state index in [4.69, 9.17) is 23.2 Å². The zero-order valence-corrected chi connectivity index (χ0v) is 15.7. The van der Waals surface area contributed by atoms with Gasteiger partial charge in [-0.2, -0.15) is 0 Å². The second-order valence-electron chi connectivity index (χ2n) is 6.47. The number of nitrogens with zero attached hydrogens (tertiary/aromatic N) is 5. The van der Waals surface area contributed by atoms with Crippen molar-refractivity contribution in [2.24, 2.45) is 0 Å². The van der Waals surface area contributed by atoms with Gasteiger partial charge >= 0.3 is 0 Å². The normalized spacial score (nSPS) is 16.4. The minimum atomic E-state index is -0.720. The van der Waals surface area contributed by atoms with E-state index in [-0.39, 0.29) is 40.3 Å². The Balaban J connectivity index is 1.53. The molecule has 0 atom stereocenters. The molecule has 0 spiro atoms. The van der Waals surface area contributed by atoms with Gasteiger partial charge in [-0.25, -0.2) is 4.68 Å². The monoisotopic (exact) mass is 407 g/mol. The second kappa shape index (κ2) is 6.94. The number of hydrogen-bond acceptors (Lipinski definition) is 5. The average Bonchev–Trinajstić information content (AvgIpc) is 3.36. The van der Waals surface area contributed by atoms with Crippen molar-refractivity contribution in [2.75, 3.05) is 18.0 Å². The SMILES string of the molecule is O=C1C(=O)N(Cc2cn(CC(=O)N3CCCC3)nn2)c2c(Cl)ccc(Cl)c21. The van der Waals surface area contributed by atoms with Crippen LogP contribution in [-0.4, -0.2) is 50.6 Å². The lowest BCUT2D eigenvalue weighted by molar-refractivity contribution is -0.131. The fourth-order valence-corrected chi connectivity index (χ4v) is 3.86. The molecular formula is C17H15Cl2N5O3. The van der Waals surface area contributed by atoms with Crippen molar-refractivity contribution in [3.05, 3.63) is 39.6 Å². The molecular weight excluding hydrogens is 393 g/mol. The lowest BCUT2D eigenvalue weighted by Gasteiger charge is -2.16. The van der Waals surface area contributed by atoms with E-state index < -0.39 is 11.7 Å². The Kier molecular flexibility index (Phi) is 4.61. The highest BCUT2D eigenvalue weighted by atomic mass is 35.5. The zero-order chi connectivity index (χ0) is 19.1. The van der Waals surface area contributed by atoms with Gasteiger partial charge < -0.3 is 4.90 Å². The maximum Gasteiger partial charge on any atom is 0.299 e. The highest BCUT2D eigenvalue weighted by Gasteiger charge is 2.39. The Labute approximate surface area is 164 Å². The van der Waals surface area contributed by atoms with Crippen LogP contribution < -0.4 is 4.90 Å². The minimum absolute atomic E-state index is 0.00946. The van der Waals surface area contributed by atoms with Crippen molar-refractivity contribution < 1.29 is 14.4 Å². The minimum Gasteiger partial charge on any atom is -0.341 e. The highest BCUT2D eigenvalue weighted by molar-refractivity contribution is 6.56. The quantitative estimate of drug-likeness (QED) is 0.722. The molecule has 1 aromatic carbocycles. The number of halogens is 2. The third-order valence-corrected chi connectivity index (χ3v) is 5.30. The molecule has 0 bridgehead atoms. The third-order valence-electron chi connectivity index (χ3n) is 4.68. The Morgan fingerprint density at radius 2 is 1.81 bits per heavy atom. The van der Waals surface area contributed by atoms with E-state index in [2.05, 4.69) is 10.3 Å². The maximum absolute atomic E-state index is 12.4. The summed E-state index contributed by atoms with van der Waals surface area (Å²) in [5.41, 5.74) is 0.821. The zero-order valence-electron chi connectivity index (χ0n) is 14.2. The molecule has 1 fully saturated rings. The van der Waals surface area contributed by atoms with E-state index in [1.165, 1.54) is 21.7 Å². The Bertz CT molecular complexity index is 952. The summed E-state index contributed by atoms with van der Waals surface area (Å²) >= 11 is 12.2. The van der Waals surface area contributed by atoms with Crippen molar-refractivity contribution in [3.63, 3.8) is 0 Å². The van der Waals surface area contributed by atoms with Gasteiger partial charge in [0.25, 0.3) is 11.7 Å². The number of Topliss-reactive ketones (excluding diaryl/α,β-unsaturated/α-hetero) is 1. The second-order valence-corrected chi connectivity index (χ2v) is 7.28. The smallest absolute Gasteiger partial charge is 0.299 e. The first kappa shape index (κ1) is 17.9. The lowest BCUT2D eigenvalue weighted by Crippen LogP contribution is -2.31. The molecule has 1 saturated heterocycles. The molecule has 140 valence electrons. The molecule has 0 saturated carbocycles. The van der Waals surface area contributed by atoms with Gasteiger partial charge in [-0.15, -0.1) is 5.10 Å². The molecule has 0 radical (unpaired) electrons. The van der Waals surface area contributed by atoms with Gasteiger partial charge in [0, 0.05) is 13.1 Å². The van der Waals surface area contributed by atoms with E-state index in [0.717, 1.165) is 25.9 Å². The van der Waals surface area contributed by atoms with E-state index >= 15 is 0 Å². The Morgan fingerprint density at radius 1 is 1.11 bits per heavy atom. The third kappa shape index (κ3) is 3.19. The summed E-state index contributed by atoms with van der Waals surface area (Å²) in [5, 5.41) is 8.38. The fourth-order valence-electron chi connectivity index (χ4n) is 3.36. The fraction of sp³-hybridized carbons (Fsp3) is 0.353. The molecule has 27 heavy (non-hydrogen) atoms. The van der Waals surface area contributed by atoms with Crippen LogP contribution in [0.3, 0.4) is 0 Å².